The molecule has 0 fully saturated rings. The number of hydrogen-bond acceptors (Lipinski definition) is 2. The van der Waals surface area contributed by atoms with Crippen LogP contribution in [0.3, 0.4) is 0 Å². The maximum absolute atomic E-state index is 12.3. The Morgan fingerprint density at radius 2 is 1.82 bits per heavy atom. The zero-order valence-corrected chi connectivity index (χ0v) is 9.84. The van der Waals surface area contributed by atoms with E-state index in [-0.39, 0.29) is 6.10 Å². The third-order valence-corrected chi connectivity index (χ3v) is 2.20. The third-order valence-electron chi connectivity index (χ3n) is 2.20. The number of hydrogen-bond donors (Lipinski definition) is 1. The summed E-state index contributed by atoms with van der Waals surface area (Å²) in [6.45, 7) is 5.34. The summed E-state index contributed by atoms with van der Waals surface area (Å²) in [4.78, 5) is 0. The average Bonchev–Trinajstić information content (AvgIpc) is 2.26. The van der Waals surface area contributed by atoms with Gasteiger partial charge >= 0.3 is 6.18 Å². The second-order valence-corrected chi connectivity index (χ2v) is 3.76. The van der Waals surface area contributed by atoms with E-state index in [4.69, 9.17) is 4.74 Å². The Kier molecular flexibility index (Phi) is 4.81. The highest BCUT2D eigenvalue weighted by molar-refractivity contribution is 5.28. The van der Waals surface area contributed by atoms with Crippen molar-refractivity contribution in [2.24, 2.45) is 0 Å². The molecule has 96 valence electrons. The maximum Gasteiger partial charge on any atom is 0.416 e. The molecule has 0 spiro atoms. The molecule has 5 heteroatoms. The summed E-state index contributed by atoms with van der Waals surface area (Å²) in [6.07, 6.45) is -4.37. The Hall–Kier alpha value is -1.23. The first-order valence-corrected chi connectivity index (χ1v) is 5.48. The fourth-order valence-electron chi connectivity index (χ4n) is 1.34. The van der Waals surface area contributed by atoms with Gasteiger partial charge in [-0.05, 0) is 37.7 Å². The van der Waals surface area contributed by atoms with Gasteiger partial charge in [0, 0.05) is 6.54 Å². The molecule has 2 nitrogen and oxygen atoms in total. The van der Waals surface area contributed by atoms with Crippen molar-refractivity contribution in [3.8, 4) is 5.75 Å². The SMILES string of the molecule is CCNCC(C)Oc1ccc(C(F)(F)F)cc1. The highest BCUT2D eigenvalue weighted by Gasteiger charge is 2.30. The van der Waals surface area contributed by atoms with Crippen LogP contribution in [0.1, 0.15) is 19.4 Å². The quantitative estimate of drug-likeness (QED) is 0.863. The van der Waals surface area contributed by atoms with Gasteiger partial charge in [0.25, 0.3) is 0 Å². The van der Waals surface area contributed by atoms with E-state index in [9.17, 15) is 13.2 Å². The number of alkyl halides is 3. The minimum Gasteiger partial charge on any atom is -0.489 e. The van der Waals surface area contributed by atoms with Crippen molar-refractivity contribution in [2.75, 3.05) is 13.1 Å². The van der Waals surface area contributed by atoms with Gasteiger partial charge in [0.2, 0.25) is 0 Å². The molecule has 1 rings (SSSR count). The molecule has 1 atom stereocenters. The van der Waals surface area contributed by atoms with Crippen molar-refractivity contribution in [3.05, 3.63) is 29.8 Å². The number of nitrogens with one attached hydrogen (secondary N) is 1. The van der Waals surface area contributed by atoms with E-state index in [1.807, 2.05) is 13.8 Å². The Morgan fingerprint density at radius 1 is 1.24 bits per heavy atom. The molecular formula is C12H16F3NO. The largest absolute Gasteiger partial charge is 0.489 e. The predicted molar refractivity (Wildman–Crippen MR) is 60.1 cm³/mol. The number of likely N-dealkylation sites (N-methyl/N-ethyl adjacent to an activating group) is 1. The van der Waals surface area contributed by atoms with Crippen molar-refractivity contribution in [2.45, 2.75) is 26.1 Å². The van der Waals surface area contributed by atoms with Gasteiger partial charge in [-0.1, -0.05) is 6.92 Å². The Morgan fingerprint density at radius 3 is 2.29 bits per heavy atom. The molecule has 1 aromatic carbocycles. The van der Waals surface area contributed by atoms with E-state index in [0.717, 1.165) is 18.7 Å². The van der Waals surface area contributed by atoms with Gasteiger partial charge in [-0.2, -0.15) is 13.2 Å². The van der Waals surface area contributed by atoms with Crippen LogP contribution in [0.5, 0.6) is 5.75 Å². The van der Waals surface area contributed by atoms with Crippen molar-refractivity contribution in [1.82, 2.24) is 5.32 Å². The molecule has 0 aliphatic carbocycles. The van der Waals surface area contributed by atoms with E-state index >= 15 is 0 Å². The average molecular weight is 247 g/mol. The zero-order valence-electron chi connectivity index (χ0n) is 9.84. The van der Waals surface area contributed by atoms with Crippen molar-refractivity contribution < 1.29 is 17.9 Å². The minimum absolute atomic E-state index is 0.0771. The lowest BCUT2D eigenvalue weighted by molar-refractivity contribution is -0.137. The maximum atomic E-state index is 12.3. The molecular weight excluding hydrogens is 231 g/mol. The Bertz CT molecular complexity index is 335. The molecule has 1 N–H and O–H groups in total. The second kappa shape index (κ2) is 5.91. The minimum atomic E-state index is -4.30. The van der Waals surface area contributed by atoms with Crippen molar-refractivity contribution in [1.29, 1.82) is 0 Å². The molecule has 0 bridgehead atoms. The van der Waals surface area contributed by atoms with Gasteiger partial charge in [0.05, 0.1) is 5.56 Å². The Balaban J connectivity index is 2.56. The highest BCUT2D eigenvalue weighted by atomic mass is 19.4. The predicted octanol–water partition coefficient (Wildman–Crippen LogP) is 3.08. The smallest absolute Gasteiger partial charge is 0.416 e. The first-order chi connectivity index (χ1) is 7.93. The van der Waals surface area contributed by atoms with Crippen LogP contribution >= 0.6 is 0 Å². The van der Waals surface area contributed by atoms with Gasteiger partial charge in [0.15, 0.2) is 0 Å². The molecule has 0 heterocycles. The number of ether oxygens (including phenoxy) is 1. The number of benzene rings is 1. The van der Waals surface area contributed by atoms with Gasteiger partial charge in [-0.3, -0.25) is 0 Å². The van der Waals surface area contributed by atoms with Crippen LogP contribution in [-0.4, -0.2) is 19.2 Å². The van der Waals surface area contributed by atoms with Crippen LogP contribution in [-0.2, 0) is 6.18 Å². The van der Waals surface area contributed by atoms with Gasteiger partial charge in [0.1, 0.15) is 11.9 Å². The van der Waals surface area contributed by atoms with Gasteiger partial charge in [-0.25, -0.2) is 0 Å². The van der Waals surface area contributed by atoms with E-state index < -0.39 is 11.7 Å². The lowest BCUT2D eigenvalue weighted by Gasteiger charge is -2.15. The van der Waals surface area contributed by atoms with Crippen LogP contribution in [0.25, 0.3) is 0 Å². The fraction of sp³-hybridized carbons (Fsp3) is 0.500. The van der Waals surface area contributed by atoms with E-state index in [0.29, 0.717) is 12.3 Å². The van der Waals surface area contributed by atoms with Crippen LogP contribution in [0.15, 0.2) is 24.3 Å². The topological polar surface area (TPSA) is 21.3 Å². The summed E-state index contributed by atoms with van der Waals surface area (Å²) in [5.74, 6) is 0.448. The molecule has 0 aliphatic heterocycles. The summed E-state index contributed by atoms with van der Waals surface area (Å²) in [5.41, 5.74) is -0.663. The fourth-order valence-corrected chi connectivity index (χ4v) is 1.34. The highest BCUT2D eigenvalue weighted by Crippen LogP contribution is 2.30. The van der Waals surface area contributed by atoms with E-state index in [1.165, 1.54) is 12.1 Å². The molecule has 17 heavy (non-hydrogen) atoms. The van der Waals surface area contributed by atoms with Crippen LogP contribution in [0.4, 0.5) is 13.2 Å². The van der Waals surface area contributed by atoms with Crippen LogP contribution in [0, 0.1) is 0 Å². The lowest BCUT2D eigenvalue weighted by atomic mass is 10.2. The zero-order chi connectivity index (χ0) is 12.9. The molecule has 0 amide bonds. The summed E-state index contributed by atoms with van der Waals surface area (Å²) in [6, 6.07) is 4.72. The molecule has 0 aromatic heterocycles. The second-order valence-electron chi connectivity index (χ2n) is 3.76. The van der Waals surface area contributed by atoms with Gasteiger partial charge in [-0.15, -0.1) is 0 Å². The van der Waals surface area contributed by atoms with Crippen LogP contribution in [0.2, 0.25) is 0 Å². The normalized spacial score (nSPS) is 13.5. The summed E-state index contributed by atoms with van der Waals surface area (Å²) < 4.78 is 42.3. The summed E-state index contributed by atoms with van der Waals surface area (Å²) in [5, 5.41) is 3.10. The summed E-state index contributed by atoms with van der Waals surface area (Å²) >= 11 is 0. The van der Waals surface area contributed by atoms with Crippen molar-refractivity contribution >= 4 is 0 Å². The van der Waals surface area contributed by atoms with Crippen molar-refractivity contribution in [3.63, 3.8) is 0 Å². The molecule has 1 unspecified atom stereocenters. The van der Waals surface area contributed by atoms with E-state index in [1.54, 1.807) is 0 Å². The number of halogens is 3. The molecule has 0 radical (unpaired) electrons. The standard InChI is InChI=1S/C12H16F3NO/c1-3-16-8-9(2)17-11-6-4-10(5-7-11)12(13,14)15/h4-7,9,16H,3,8H2,1-2H3. The first kappa shape index (κ1) is 13.8. The van der Waals surface area contributed by atoms with Crippen LogP contribution < -0.4 is 10.1 Å². The van der Waals surface area contributed by atoms with E-state index in [2.05, 4.69) is 5.32 Å². The van der Waals surface area contributed by atoms with Gasteiger partial charge < -0.3 is 10.1 Å². The lowest BCUT2D eigenvalue weighted by Crippen LogP contribution is -2.28. The monoisotopic (exact) mass is 247 g/mol. The molecule has 0 saturated carbocycles. The Labute approximate surface area is 98.8 Å². The summed E-state index contributed by atoms with van der Waals surface area (Å²) in [7, 11) is 0. The number of rotatable bonds is 5. The first-order valence-electron chi connectivity index (χ1n) is 5.48. The third kappa shape index (κ3) is 4.65. The molecule has 1 aromatic rings. The molecule has 0 aliphatic rings. The molecule has 0 saturated heterocycles.